The van der Waals surface area contributed by atoms with Gasteiger partial charge in [0.25, 0.3) is 11.8 Å². The lowest BCUT2D eigenvalue weighted by atomic mass is 10.2. The number of hydrogen-bond donors (Lipinski definition) is 2. The highest BCUT2D eigenvalue weighted by Crippen LogP contribution is 2.13. The summed E-state index contributed by atoms with van der Waals surface area (Å²) in [7, 11) is 0. The molecule has 6 nitrogen and oxygen atoms in total. The summed E-state index contributed by atoms with van der Waals surface area (Å²) in [5, 5.41) is 6.85. The predicted molar refractivity (Wildman–Crippen MR) is 117 cm³/mol. The summed E-state index contributed by atoms with van der Waals surface area (Å²) in [6.45, 7) is 0.292. The van der Waals surface area contributed by atoms with E-state index in [1.807, 2.05) is 54.6 Å². The molecular formula is C23H20ClN3O3. The van der Waals surface area contributed by atoms with Crippen LogP contribution in [-0.4, -0.2) is 24.6 Å². The summed E-state index contributed by atoms with van der Waals surface area (Å²) >= 11 is 5.85. The molecule has 0 heterocycles. The molecule has 0 saturated carbocycles. The monoisotopic (exact) mass is 421 g/mol. The quantitative estimate of drug-likeness (QED) is 0.429. The standard InChI is InChI=1S/C23H20ClN3O3/c24-20-8-4-7-19(13-20)23(29)25-15-22(28)27-26-14-17-9-11-21(12-10-17)30-16-18-5-2-1-3-6-18/h1-14H,15-16H2,(H,25,29)(H,27,28)/b26-14-. The van der Waals surface area contributed by atoms with Gasteiger partial charge in [-0.25, -0.2) is 5.43 Å². The van der Waals surface area contributed by atoms with E-state index < -0.39 is 5.91 Å². The summed E-state index contributed by atoms with van der Waals surface area (Å²) < 4.78 is 5.73. The second kappa shape index (κ2) is 10.8. The second-order valence-corrected chi connectivity index (χ2v) is 6.77. The number of nitrogens with one attached hydrogen (secondary N) is 2. The van der Waals surface area contributed by atoms with Crippen molar-refractivity contribution < 1.29 is 14.3 Å². The van der Waals surface area contributed by atoms with Gasteiger partial charge >= 0.3 is 0 Å². The van der Waals surface area contributed by atoms with Crippen LogP contribution in [0.25, 0.3) is 0 Å². The Morgan fingerprint density at radius 1 is 0.967 bits per heavy atom. The van der Waals surface area contributed by atoms with Crippen molar-refractivity contribution >= 4 is 29.6 Å². The Kier molecular flexibility index (Phi) is 7.58. The SMILES string of the molecule is O=C(CNC(=O)c1cccc(Cl)c1)N/N=C\c1ccc(OCc2ccccc2)cc1. The van der Waals surface area contributed by atoms with Gasteiger partial charge < -0.3 is 10.1 Å². The Morgan fingerprint density at radius 3 is 2.47 bits per heavy atom. The van der Waals surface area contributed by atoms with Crippen molar-refractivity contribution in [2.45, 2.75) is 6.61 Å². The molecule has 152 valence electrons. The fourth-order valence-corrected chi connectivity index (χ4v) is 2.69. The molecule has 0 spiro atoms. The maximum absolute atomic E-state index is 12.0. The third-order valence-corrected chi connectivity index (χ3v) is 4.26. The first-order valence-corrected chi connectivity index (χ1v) is 9.60. The third-order valence-electron chi connectivity index (χ3n) is 4.03. The van der Waals surface area contributed by atoms with Gasteiger partial charge in [0.1, 0.15) is 12.4 Å². The summed E-state index contributed by atoms with van der Waals surface area (Å²) in [5.41, 5.74) is 4.64. The average Bonchev–Trinajstić information content (AvgIpc) is 2.77. The number of amides is 2. The minimum atomic E-state index is -0.440. The zero-order valence-corrected chi connectivity index (χ0v) is 16.8. The minimum absolute atomic E-state index is 0.199. The molecule has 2 amide bonds. The highest BCUT2D eigenvalue weighted by atomic mass is 35.5. The lowest BCUT2D eigenvalue weighted by Crippen LogP contribution is -2.34. The van der Waals surface area contributed by atoms with Crippen LogP contribution in [0, 0.1) is 0 Å². The van der Waals surface area contributed by atoms with E-state index in [2.05, 4.69) is 15.8 Å². The number of carbonyl (C=O) groups excluding carboxylic acids is 2. The van der Waals surface area contributed by atoms with Crippen molar-refractivity contribution in [3.05, 3.63) is 101 Å². The van der Waals surface area contributed by atoms with Crippen LogP contribution in [0.5, 0.6) is 5.75 Å². The third kappa shape index (κ3) is 6.76. The molecule has 3 aromatic carbocycles. The summed E-state index contributed by atoms with van der Waals surface area (Å²) in [6, 6.07) is 23.7. The number of nitrogens with zero attached hydrogens (tertiary/aromatic N) is 1. The van der Waals surface area contributed by atoms with E-state index in [0.717, 1.165) is 16.9 Å². The molecule has 3 rings (SSSR count). The maximum Gasteiger partial charge on any atom is 0.259 e. The number of rotatable bonds is 8. The van der Waals surface area contributed by atoms with Crippen LogP contribution in [0.1, 0.15) is 21.5 Å². The second-order valence-electron chi connectivity index (χ2n) is 6.33. The van der Waals surface area contributed by atoms with E-state index in [0.29, 0.717) is 17.2 Å². The van der Waals surface area contributed by atoms with Gasteiger partial charge in [-0.15, -0.1) is 0 Å². The molecule has 30 heavy (non-hydrogen) atoms. The minimum Gasteiger partial charge on any atom is -0.489 e. The van der Waals surface area contributed by atoms with Gasteiger partial charge in [0.05, 0.1) is 12.8 Å². The normalized spacial score (nSPS) is 10.6. The van der Waals surface area contributed by atoms with Gasteiger partial charge in [0.15, 0.2) is 0 Å². The first kappa shape index (κ1) is 21.1. The van der Waals surface area contributed by atoms with Crippen LogP contribution in [0.2, 0.25) is 5.02 Å². The van der Waals surface area contributed by atoms with E-state index >= 15 is 0 Å². The molecule has 7 heteroatoms. The molecule has 0 radical (unpaired) electrons. The topological polar surface area (TPSA) is 79.8 Å². The van der Waals surface area contributed by atoms with Gasteiger partial charge in [-0.3, -0.25) is 9.59 Å². The molecule has 0 unspecified atom stereocenters. The fraction of sp³-hybridized carbons (Fsp3) is 0.0870. The van der Waals surface area contributed by atoms with E-state index in [-0.39, 0.29) is 12.5 Å². The van der Waals surface area contributed by atoms with Crippen LogP contribution >= 0.6 is 11.6 Å². The lowest BCUT2D eigenvalue weighted by Gasteiger charge is -2.06. The Hall–Kier alpha value is -3.64. The summed E-state index contributed by atoms with van der Waals surface area (Å²) in [4.78, 5) is 23.8. The number of hydrazone groups is 1. The average molecular weight is 422 g/mol. The van der Waals surface area contributed by atoms with Crippen LogP contribution in [0.15, 0.2) is 84.0 Å². The van der Waals surface area contributed by atoms with E-state index in [9.17, 15) is 9.59 Å². The molecule has 0 bridgehead atoms. The lowest BCUT2D eigenvalue weighted by molar-refractivity contribution is -0.120. The van der Waals surface area contributed by atoms with E-state index in [4.69, 9.17) is 16.3 Å². The Labute approximate surface area is 179 Å². The van der Waals surface area contributed by atoms with Crippen LogP contribution in [0.4, 0.5) is 0 Å². The molecule has 0 atom stereocenters. The fourth-order valence-electron chi connectivity index (χ4n) is 2.50. The van der Waals surface area contributed by atoms with Crippen molar-refractivity contribution in [2.24, 2.45) is 5.10 Å². The van der Waals surface area contributed by atoms with Crippen molar-refractivity contribution in [3.8, 4) is 5.75 Å². The number of halogens is 1. The molecule has 2 N–H and O–H groups in total. The van der Waals surface area contributed by atoms with Gasteiger partial charge in [-0.2, -0.15) is 5.10 Å². The number of benzene rings is 3. The van der Waals surface area contributed by atoms with E-state index in [1.54, 1.807) is 18.2 Å². The Balaban J connectivity index is 1.41. The van der Waals surface area contributed by atoms with Crippen molar-refractivity contribution in [3.63, 3.8) is 0 Å². The molecule has 0 saturated heterocycles. The van der Waals surface area contributed by atoms with Gasteiger partial charge in [-0.1, -0.05) is 48.0 Å². The first-order valence-electron chi connectivity index (χ1n) is 9.22. The smallest absolute Gasteiger partial charge is 0.259 e. The van der Waals surface area contributed by atoms with E-state index in [1.165, 1.54) is 12.3 Å². The van der Waals surface area contributed by atoms with Gasteiger partial charge in [-0.05, 0) is 53.6 Å². The number of ether oxygens (including phenoxy) is 1. The summed E-state index contributed by atoms with van der Waals surface area (Å²) in [6.07, 6.45) is 1.51. The zero-order valence-electron chi connectivity index (χ0n) is 16.0. The Bertz CT molecular complexity index is 1020. The zero-order chi connectivity index (χ0) is 21.2. The highest BCUT2D eigenvalue weighted by Gasteiger charge is 2.07. The first-order chi connectivity index (χ1) is 14.6. The molecule has 0 fully saturated rings. The molecular weight excluding hydrogens is 402 g/mol. The predicted octanol–water partition coefficient (Wildman–Crippen LogP) is 3.80. The van der Waals surface area contributed by atoms with Gasteiger partial charge in [0.2, 0.25) is 0 Å². The largest absolute Gasteiger partial charge is 0.489 e. The van der Waals surface area contributed by atoms with Crippen molar-refractivity contribution in [2.75, 3.05) is 6.54 Å². The molecule has 3 aromatic rings. The molecule has 0 aliphatic heterocycles. The van der Waals surface area contributed by atoms with Crippen LogP contribution < -0.4 is 15.5 Å². The van der Waals surface area contributed by atoms with Crippen molar-refractivity contribution in [1.29, 1.82) is 0 Å². The highest BCUT2D eigenvalue weighted by molar-refractivity contribution is 6.31. The summed E-state index contributed by atoms with van der Waals surface area (Å²) in [5.74, 6) is -0.0871. The van der Waals surface area contributed by atoms with Gasteiger partial charge in [0, 0.05) is 10.6 Å². The van der Waals surface area contributed by atoms with Crippen LogP contribution in [-0.2, 0) is 11.4 Å². The Morgan fingerprint density at radius 2 is 1.73 bits per heavy atom. The maximum atomic E-state index is 12.0. The molecule has 0 aliphatic carbocycles. The number of carbonyl (C=O) groups is 2. The molecule has 0 aromatic heterocycles. The molecule has 0 aliphatic rings. The van der Waals surface area contributed by atoms with Crippen molar-refractivity contribution in [1.82, 2.24) is 10.7 Å². The van der Waals surface area contributed by atoms with Crippen LogP contribution in [0.3, 0.4) is 0 Å². The number of hydrogen-bond acceptors (Lipinski definition) is 4.